The molecule has 3 N–H and O–H groups in total. The van der Waals surface area contributed by atoms with Gasteiger partial charge in [0, 0.05) is 40.4 Å². The summed E-state index contributed by atoms with van der Waals surface area (Å²) in [6, 6.07) is 45.9. The highest BCUT2D eigenvalue weighted by Gasteiger charge is 2.25. The molecular formula is C48H31BrN6O3. The first-order chi connectivity index (χ1) is 28.4. The van der Waals surface area contributed by atoms with E-state index in [1.807, 2.05) is 146 Å². The lowest BCUT2D eigenvalue weighted by Crippen LogP contribution is -1.94. The first-order valence-electron chi connectivity index (χ1n) is 18.3. The number of benzene rings is 3. The van der Waals surface area contributed by atoms with E-state index >= 15 is 0 Å². The van der Waals surface area contributed by atoms with Crippen LogP contribution in [0.25, 0.3) is 90.1 Å². The molecule has 9 rings (SSSR count). The summed E-state index contributed by atoms with van der Waals surface area (Å²) in [4.78, 5) is 27.8. The van der Waals surface area contributed by atoms with E-state index < -0.39 is 17.2 Å². The van der Waals surface area contributed by atoms with Crippen molar-refractivity contribution < 1.29 is 15.3 Å². The summed E-state index contributed by atoms with van der Waals surface area (Å²) in [7, 11) is 0. The van der Waals surface area contributed by atoms with Crippen molar-refractivity contribution in [3.63, 3.8) is 0 Å². The Balaban J connectivity index is 1.08. The van der Waals surface area contributed by atoms with Crippen molar-refractivity contribution >= 4 is 15.9 Å². The van der Waals surface area contributed by atoms with E-state index in [-0.39, 0.29) is 0 Å². The number of phenolic OH excluding ortho intramolecular Hbond substituents is 3. The van der Waals surface area contributed by atoms with Crippen LogP contribution in [0.2, 0.25) is 0 Å². The zero-order valence-electron chi connectivity index (χ0n) is 30.6. The van der Waals surface area contributed by atoms with Gasteiger partial charge in [-0.15, -0.1) is 0 Å². The fraction of sp³-hybridized carbons (Fsp3) is 0. The third-order valence-corrected chi connectivity index (χ3v) is 10.5. The summed E-state index contributed by atoms with van der Waals surface area (Å²) in [5.74, 6) is -1.51. The van der Waals surface area contributed by atoms with E-state index in [0.29, 0.717) is 49.5 Å². The number of phenols is 3. The summed E-state index contributed by atoms with van der Waals surface area (Å²) in [5, 5.41) is 33.6. The van der Waals surface area contributed by atoms with Crippen molar-refractivity contribution in [2.75, 3.05) is 0 Å². The maximum absolute atomic E-state index is 11.2. The van der Waals surface area contributed by atoms with Gasteiger partial charge in [0.05, 0.1) is 45.6 Å². The second-order valence-electron chi connectivity index (χ2n) is 13.4. The highest BCUT2D eigenvalue weighted by atomic mass is 79.9. The van der Waals surface area contributed by atoms with E-state index in [9.17, 15) is 15.3 Å². The molecule has 0 atom stereocenters. The molecule has 0 aliphatic rings. The first-order valence-corrected chi connectivity index (χ1v) is 19.1. The van der Waals surface area contributed by atoms with E-state index in [1.54, 1.807) is 24.8 Å². The van der Waals surface area contributed by atoms with Crippen LogP contribution in [0, 0.1) is 0 Å². The Morgan fingerprint density at radius 3 is 0.879 bits per heavy atom. The van der Waals surface area contributed by atoms with Crippen molar-refractivity contribution in [3.05, 3.63) is 175 Å². The van der Waals surface area contributed by atoms with Gasteiger partial charge in [-0.2, -0.15) is 0 Å². The van der Waals surface area contributed by atoms with Crippen molar-refractivity contribution in [3.8, 4) is 107 Å². The van der Waals surface area contributed by atoms with E-state index in [0.717, 1.165) is 45.0 Å². The van der Waals surface area contributed by atoms with Crippen LogP contribution in [0.5, 0.6) is 17.2 Å². The minimum absolute atomic E-state index is 0.327. The molecule has 9 nitrogen and oxygen atoms in total. The molecule has 0 saturated carbocycles. The largest absolute Gasteiger partial charge is 0.504 e. The standard InChI is InChI=1S/C48H31BrN6O3/c49-45-43(31-17-13-29(14-18-31)33-25-39(35-9-1-5-21-50-35)54-40(26-33)36-10-2-6-22-51-36)46(56)48(58)47(57)44(45)32-19-15-30(16-20-32)34-27-41(37-11-3-7-23-52-37)55-42(28-34)38-12-4-8-24-53-38/h1-28,56-58H. The Hall–Kier alpha value is -7.56. The third-order valence-electron chi connectivity index (χ3n) is 9.74. The SMILES string of the molecule is Oc1c(O)c(-c2ccc(-c3cc(-c4ccccn4)nc(-c4ccccn4)c3)cc2)c(Br)c(-c2ccc(-c3cc(-c4ccccn4)nc(-c4ccccn4)c3)cc2)c1O. The van der Waals surface area contributed by atoms with Crippen LogP contribution in [0.1, 0.15) is 0 Å². The molecule has 0 bridgehead atoms. The maximum atomic E-state index is 11.2. The highest BCUT2D eigenvalue weighted by molar-refractivity contribution is 9.10. The van der Waals surface area contributed by atoms with E-state index in [1.165, 1.54) is 0 Å². The van der Waals surface area contributed by atoms with Crippen molar-refractivity contribution in [1.29, 1.82) is 0 Å². The molecule has 0 saturated heterocycles. The molecule has 6 heterocycles. The summed E-state index contributed by atoms with van der Waals surface area (Å²) >= 11 is 3.68. The monoisotopic (exact) mass is 818 g/mol. The summed E-state index contributed by atoms with van der Waals surface area (Å²) in [5.41, 5.74) is 11.2. The van der Waals surface area contributed by atoms with Gasteiger partial charge in [0.15, 0.2) is 11.5 Å². The van der Waals surface area contributed by atoms with E-state index in [4.69, 9.17) is 9.97 Å². The van der Waals surface area contributed by atoms with Gasteiger partial charge in [-0.05, 0) is 122 Å². The van der Waals surface area contributed by atoms with Gasteiger partial charge in [0.1, 0.15) is 0 Å². The smallest absolute Gasteiger partial charge is 0.201 e. The first kappa shape index (κ1) is 36.1. The number of aromatic hydroxyl groups is 3. The molecule has 6 aromatic heterocycles. The Morgan fingerprint density at radius 1 is 0.310 bits per heavy atom. The van der Waals surface area contributed by atoms with Crippen LogP contribution in [-0.2, 0) is 0 Å². The summed E-state index contributed by atoms with van der Waals surface area (Å²) in [6.07, 6.45) is 6.94. The second kappa shape index (κ2) is 15.5. The third kappa shape index (κ3) is 7.04. The minimum atomic E-state index is -0.621. The lowest BCUT2D eigenvalue weighted by Gasteiger charge is -2.17. The average molecular weight is 820 g/mol. The molecule has 0 amide bonds. The van der Waals surface area contributed by atoms with Gasteiger partial charge in [-0.3, -0.25) is 19.9 Å². The molecule has 58 heavy (non-hydrogen) atoms. The lowest BCUT2D eigenvalue weighted by molar-refractivity contribution is 0.369. The molecule has 0 aliphatic carbocycles. The van der Waals surface area contributed by atoms with Crippen LogP contribution < -0.4 is 0 Å². The van der Waals surface area contributed by atoms with Gasteiger partial charge >= 0.3 is 0 Å². The zero-order valence-corrected chi connectivity index (χ0v) is 32.2. The van der Waals surface area contributed by atoms with Crippen molar-refractivity contribution in [1.82, 2.24) is 29.9 Å². The molecule has 3 aromatic carbocycles. The highest BCUT2D eigenvalue weighted by Crippen LogP contribution is 2.54. The van der Waals surface area contributed by atoms with Crippen LogP contribution in [0.15, 0.2) is 175 Å². The zero-order chi connectivity index (χ0) is 39.6. The fourth-order valence-electron chi connectivity index (χ4n) is 6.84. The average Bonchev–Trinajstić information content (AvgIpc) is 3.30. The maximum Gasteiger partial charge on any atom is 0.201 e. The number of nitrogens with zero attached hydrogens (tertiary/aromatic N) is 6. The molecule has 0 spiro atoms. The molecule has 10 heteroatoms. The number of halogens is 1. The van der Waals surface area contributed by atoms with Crippen LogP contribution in [-0.4, -0.2) is 45.2 Å². The number of hydrogen-bond donors (Lipinski definition) is 3. The van der Waals surface area contributed by atoms with Crippen LogP contribution in [0.4, 0.5) is 0 Å². The number of aromatic nitrogens is 6. The Bertz CT molecular complexity index is 2590. The van der Waals surface area contributed by atoms with Gasteiger partial charge in [0.2, 0.25) is 5.75 Å². The van der Waals surface area contributed by atoms with Crippen molar-refractivity contribution in [2.24, 2.45) is 0 Å². The van der Waals surface area contributed by atoms with Gasteiger partial charge in [-0.1, -0.05) is 72.8 Å². The van der Waals surface area contributed by atoms with Crippen LogP contribution >= 0.6 is 15.9 Å². The quantitative estimate of drug-likeness (QED) is 0.128. The lowest BCUT2D eigenvalue weighted by atomic mass is 9.93. The second-order valence-corrected chi connectivity index (χ2v) is 14.2. The molecular weight excluding hydrogens is 788 g/mol. The summed E-state index contributed by atoms with van der Waals surface area (Å²) in [6.45, 7) is 0. The Labute approximate surface area is 341 Å². The molecule has 0 aliphatic heterocycles. The predicted octanol–water partition coefficient (Wildman–Crippen LogP) is 11.3. The predicted molar refractivity (Wildman–Crippen MR) is 229 cm³/mol. The number of rotatable bonds is 8. The van der Waals surface area contributed by atoms with Crippen molar-refractivity contribution in [2.45, 2.75) is 0 Å². The Kier molecular flexibility index (Phi) is 9.66. The number of hydrogen-bond acceptors (Lipinski definition) is 9. The Morgan fingerprint density at radius 2 is 0.603 bits per heavy atom. The van der Waals surface area contributed by atoms with Gasteiger partial charge in [0.25, 0.3) is 0 Å². The summed E-state index contributed by atoms with van der Waals surface area (Å²) < 4.78 is 0.415. The topological polar surface area (TPSA) is 138 Å². The number of pyridine rings is 6. The molecule has 9 aromatic rings. The molecule has 0 radical (unpaired) electrons. The molecule has 0 unspecified atom stereocenters. The molecule has 278 valence electrons. The van der Waals surface area contributed by atoms with Crippen LogP contribution in [0.3, 0.4) is 0 Å². The minimum Gasteiger partial charge on any atom is -0.504 e. The molecule has 0 fully saturated rings. The van der Waals surface area contributed by atoms with Gasteiger partial charge < -0.3 is 15.3 Å². The van der Waals surface area contributed by atoms with Gasteiger partial charge in [-0.25, -0.2) is 9.97 Å². The van der Waals surface area contributed by atoms with E-state index in [2.05, 4.69) is 35.9 Å². The normalized spacial score (nSPS) is 11.1. The fourth-order valence-corrected chi connectivity index (χ4v) is 7.68.